The summed E-state index contributed by atoms with van der Waals surface area (Å²) in [5, 5.41) is 0. The van der Waals surface area contributed by atoms with Gasteiger partial charge in [-0.1, -0.05) is 12.1 Å². The lowest BCUT2D eigenvalue weighted by Gasteiger charge is -2.07. The van der Waals surface area contributed by atoms with Gasteiger partial charge in [-0.2, -0.15) is 0 Å². The molecule has 0 radical (unpaired) electrons. The molecule has 1 atom stereocenters. The Balaban J connectivity index is 2.49. The van der Waals surface area contributed by atoms with Crippen LogP contribution < -0.4 is 5.73 Å². The van der Waals surface area contributed by atoms with E-state index in [1.165, 1.54) is 7.11 Å². The van der Waals surface area contributed by atoms with Crippen molar-refractivity contribution in [3.05, 3.63) is 34.9 Å². The first-order chi connectivity index (χ1) is 6.74. The molecule has 0 unspecified atom stereocenters. The van der Waals surface area contributed by atoms with E-state index in [-0.39, 0.29) is 12.0 Å². The van der Waals surface area contributed by atoms with Crippen LogP contribution in [0.2, 0.25) is 0 Å². The number of carbonyl (C=O) groups is 1. The summed E-state index contributed by atoms with van der Waals surface area (Å²) in [5.74, 6) is -0.268. The molecule has 2 rings (SSSR count). The van der Waals surface area contributed by atoms with E-state index in [9.17, 15) is 4.79 Å². The molecule has 0 saturated heterocycles. The third kappa shape index (κ3) is 1.30. The van der Waals surface area contributed by atoms with Gasteiger partial charge in [0.1, 0.15) is 0 Å². The quantitative estimate of drug-likeness (QED) is 0.683. The number of ether oxygens (including phenoxy) is 1. The van der Waals surface area contributed by atoms with Gasteiger partial charge in [-0.3, -0.25) is 0 Å². The third-order valence-corrected chi connectivity index (χ3v) is 2.72. The summed E-state index contributed by atoms with van der Waals surface area (Å²) in [5.41, 5.74) is 8.72. The van der Waals surface area contributed by atoms with Crippen LogP contribution in [0.25, 0.3) is 0 Å². The first kappa shape index (κ1) is 9.21. The van der Waals surface area contributed by atoms with Crippen LogP contribution in [0.3, 0.4) is 0 Å². The molecule has 0 bridgehead atoms. The van der Waals surface area contributed by atoms with Crippen molar-refractivity contribution in [2.24, 2.45) is 5.73 Å². The van der Waals surface area contributed by atoms with E-state index in [2.05, 4.69) is 0 Å². The molecule has 1 aromatic carbocycles. The fourth-order valence-corrected chi connectivity index (χ4v) is 1.99. The zero-order valence-corrected chi connectivity index (χ0v) is 8.12. The topological polar surface area (TPSA) is 52.3 Å². The van der Waals surface area contributed by atoms with Gasteiger partial charge in [0.15, 0.2) is 0 Å². The summed E-state index contributed by atoms with van der Waals surface area (Å²) in [7, 11) is 1.40. The van der Waals surface area contributed by atoms with Crippen LogP contribution in [0.4, 0.5) is 0 Å². The summed E-state index contributed by atoms with van der Waals surface area (Å²) < 4.78 is 4.72. The monoisotopic (exact) mass is 191 g/mol. The molecule has 1 aromatic rings. The van der Waals surface area contributed by atoms with Crippen molar-refractivity contribution in [1.29, 1.82) is 0 Å². The molecule has 3 heteroatoms. The maximum atomic E-state index is 11.4. The van der Waals surface area contributed by atoms with Crippen molar-refractivity contribution in [3.8, 4) is 0 Å². The Morgan fingerprint density at radius 2 is 2.36 bits per heavy atom. The number of hydrogen-bond donors (Lipinski definition) is 1. The highest BCUT2D eigenvalue weighted by Crippen LogP contribution is 2.31. The van der Waals surface area contributed by atoms with Crippen molar-refractivity contribution >= 4 is 5.97 Å². The minimum atomic E-state index is -0.268. The molecule has 0 heterocycles. The number of fused-ring (bicyclic) bond motifs is 1. The second kappa shape index (κ2) is 3.42. The van der Waals surface area contributed by atoms with Gasteiger partial charge in [0.2, 0.25) is 0 Å². The number of esters is 1. The molecular formula is C11H13NO2. The van der Waals surface area contributed by atoms with E-state index >= 15 is 0 Å². The number of nitrogens with two attached hydrogens (primary N) is 1. The predicted octanol–water partition coefficient (Wildman–Crippen LogP) is 1.42. The van der Waals surface area contributed by atoms with Crippen molar-refractivity contribution in [2.45, 2.75) is 18.9 Å². The highest BCUT2D eigenvalue weighted by Gasteiger charge is 2.23. The summed E-state index contributed by atoms with van der Waals surface area (Å²) in [6, 6.07) is 5.72. The van der Waals surface area contributed by atoms with Crippen LogP contribution in [0, 0.1) is 0 Å². The van der Waals surface area contributed by atoms with Gasteiger partial charge in [-0.15, -0.1) is 0 Å². The van der Waals surface area contributed by atoms with Gasteiger partial charge in [-0.05, 0) is 30.0 Å². The fraction of sp³-hybridized carbons (Fsp3) is 0.364. The summed E-state index contributed by atoms with van der Waals surface area (Å²) in [6.07, 6.45) is 1.80. The van der Waals surface area contributed by atoms with Crippen molar-refractivity contribution < 1.29 is 9.53 Å². The molecule has 0 amide bonds. The zero-order valence-electron chi connectivity index (χ0n) is 8.12. The van der Waals surface area contributed by atoms with E-state index in [0.29, 0.717) is 5.56 Å². The Hall–Kier alpha value is -1.35. The van der Waals surface area contributed by atoms with Gasteiger partial charge < -0.3 is 10.5 Å². The van der Waals surface area contributed by atoms with Crippen LogP contribution >= 0.6 is 0 Å². The van der Waals surface area contributed by atoms with E-state index in [4.69, 9.17) is 10.5 Å². The molecule has 14 heavy (non-hydrogen) atoms. The molecule has 0 aromatic heterocycles. The highest BCUT2D eigenvalue weighted by atomic mass is 16.5. The normalized spacial score (nSPS) is 19.1. The van der Waals surface area contributed by atoms with Crippen LogP contribution in [0.5, 0.6) is 0 Å². The van der Waals surface area contributed by atoms with Gasteiger partial charge in [0.05, 0.1) is 12.7 Å². The largest absolute Gasteiger partial charge is 0.465 e. The molecule has 1 aliphatic rings. The second-order valence-corrected chi connectivity index (χ2v) is 3.51. The lowest BCUT2D eigenvalue weighted by molar-refractivity contribution is 0.0599. The number of hydrogen-bond acceptors (Lipinski definition) is 3. The molecule has 0 saturated carbocycles. The fourth-order valence-electron chi connectivity index (χ4n) is 1.99. The van der Waals surface area contributed by atoms with E-state index < -0.39 is 0 Å². The Morgan fingerprint density at radius 1 is 1.57 bits per heavy atom. The summed E-state index contributed by atoms with van der Waals surface area (Å²) >= 11 is 0. The Morgan fingerprint density at radius 3 is 3.07 bits per heavy atom. The van der Waals surface area contributed by atoms with Crippen molar-refractivity contribution in [3.63, 3.8) is 0 Å². The summed E-state index contributed by atoms with van der Waals surface area (Å²) in [6.45, 7) is 0. The molecule has 2 N–H and O–H groups in total. The first-order valence-electron chi connectivity index (χ1n) is 4.69. The Kier molecular flexibility index (Phi) is 2.25. The molecule has 74 valence electrons. The molecule has 3 nitrogen and oxygen atoms in total. The summed E-state index contributed by atoms with van der Waals surface area (Å²) in [4.78, 5) is 11.4. The average Bonchev–Trinajstić information content (AvgIpc) is 2.59. The number of methoxy groups -OCH3 is 1. The maximum Gasteiger partial charge on any atom is 0.338 e. The maximum absolute atomic E-state index is 11.4. The molecular weight excluding hydrogens is 178 g/mol. The number of carbonyl (C=O) groups excluding carboxylic acids is 1. The number of rotatable bonds is 1. The second-order valence-electron chi connectivity index (χ2n) is 3.51. The van der Waals surface area contributed by atoms with Gasteiger partial charge in [0.25, 0.3) is 0 Å². The van der Waals surface area contributed by atoms with E-state index in [0.717, 1.165) is 24.0 Å². The lowest BCUT2D eigenvalue weighted by atomic mass is 10.0. The molecule has 0 aliphatic heterocycles. The van der Waals surface area contributed by atoms with E-state index in [1.807, 2.05) is 12.1 Å². The van der Waals surface area contributed by atoms with Gasteiger partial charge in [0, 0.05) is 6.04 Å². The van der Waals surface area contributed by atoms with Crippen LogP contribution in [0.15, 0.2) is 18.2 Å². The van der Waals surface area contributed by atoms with Gasteiger partial charge in [-0.25, -0.2) is 4.79 Å². The van der Waals surface area contributed by atoms with Crippen molar-refractivity contribution in [1.82, 2.24) is 0 Å². The first-order valence-corrected chi connectivity index (χ1v) is 4.69. The van der Waals surface area contributed by atoms with Gasteiger partial charge >= 0.3 is 5.97 Å². The minimum Gasteiger partial charge on any atom is -0.465 e. The molecule has 1 aliphatic carbocycles. The SMILES string of the molecule is COC(=O)c1cccc2c1CC[C@H]2N. The smallest absolute Gasteiger partial charge is 0.338 e. The zero-order chi connectivity index (χ0) is 10.1. The van der Waals surface area contributed by atoms with E-state index in [1.54, 1.807) is 6.07 Å². The molecule has 0 fully saturated rings. The van der Waals surface area contributed by atoms with Crippen LogP contribution in [-0.4, -0.2) is 13.1 Å². The highest BCUT2D eigenvalue weighted by molar-refractivity contribution is 5.91. The predicted molar refractivity (Wildman–Crippen MR) is 53.0 cm³/mol. The van der Waals surface area contributed by atoms with Crippen LogP contribution in [-0.2, 0) is 11.2 Å². The Labute approximate surface area is 82.9 Å². The lowest BCUT2D eigenvalue weighted by Crippen LogP contribution is -2.08. The van der Waals surface area contributed by atoms with Crippen molar-refractivity contribution in [2.75, 3.05) is 7.11 Å². The standard InChI is InChI=1S/C11H13NO2/c1-14-11(13)9-4-2-3-8-7(9)5-6-10(8)12/h2-4,10H,5-6,12H2,1H3/t10-/m1/s1. The minimum absolute atomic E-state index is 0.0783. The Bertz CT molecular complexity index is 374. The third-order valence-electron chi connectivity index (χ3n) is 2.72. The molecule has 0 spiro atoms. The number of benzene rings is 1. The average molecular weight is 191 g/mol. The van der Waals surface area contributed by atoms with Crippen LogP contribution in [0.1, 0.15) is 33.9 Å².